The first-order chi connectivity index (χ1) is 7.90. The molecule has 0 amide bonds. The van der Waals surface area contributed by atoms with E-state index in [1.165, 1.54) is 6.08 Å². The van der Waals surface area contributed by atoms with Crippen molar-refractivity contribution in [2.24, 2.45) is 5.92 Å². The van der Waals surface area contributed by atoms with Crippen LogP contribution in [0, 0.1) is 5.92 Å². The van der Waals surface area contributed by atoms with Crippen molar-refractivity contribution in [2.45, 2.75) is 13.3 Å². The van der Waals surface area contributed by atoms with E-state index >= 15 is 0 Å². The molecule has 0 saturated heterocycles. The van der Waals surface area contributed by atoms with Gasteiger partial charge in [-0.1, -0.05) is 28.9 Å². The fourth-order valence-corrected chi connectivity index (χ4v) is 2.90. The third-order valence-electron chi connectivity index (χ3n) is 2.26. The zero-order valence-electron chi connectivity index (χ0n) is 8.91. The molecule has 4 nitrogen and oxygen atoms in total. The fourth-order valence-electron chi connectivity index (χ4n) is 1.55. The maximum atomic E-state index is 11.2. The van der Waals surface area contributed by atoms with Gasteiger partial charge in [0, 0.05) is 8.96 Å². The van der Waals surface area contributed by atoms with Crippen LogP contribution in [0.2, 0.25) is 0 Å². The first kappa shape index (κ1) is 14.2. The van der Waals surface area contributed by atoms with Gasteiger partial charge in [0.1, 0.15) is 5.92 Å². The quantitative estimate of drug-likeness (QED) is 0.806. The van der Waals surface area contributed by atoms with Gasteiger partial charge in [0.25, 0.3) is 0 Å². The number of rotatable bonds is 3. The molecule has 1 rings (SSSR count). The lowest BCUT2D eigenvalue weighted by Crippen LogP contribution is -2.21. The molecule has 0 aromatic heterocycles. The van der Waals surface area contributed by atoms with E-state index < -0.39 is 17.9 Å². The molecule has 1 aliphatic carbocycles. The Bertz CT molecular complexity index is 460. The Morgan fingerprint density at radius 1 is 1.41 bits per heavy atom. The number of halogens is 2. The zero-order valence-corrected chi connectivity index (χ0v) is 12.1. The van der Waals surface area contributed by atoms with Gasteiger partial charge >= 0.3 is 11.9 Å². The number of allylic oxidation sites excluding steroid dienone is 2. The Labute approximate surface area is 115 Å². The summed E-state index contributed by atoms with van der Waals surface area (Å²) in [4.78, 5) is 22.2. The molecular weight excluding hydrogens is 356 g/mol. The fraction of sp³-hybridized carbons (Fsp3) is 0.273. The first-order valence-corrected chi connectivity index (χ1v) is 6.42. The molecule has 0 aromatic rings. The average Bonchev–Trinajstić information content (AvgIpc) is 2.22. The average molecular weight is 366 g/mol. The van der Waals surface area contributed by atoms with Gasteiger partial charge in [-0.15, -0.1) is 0 Å². The number of carbonyl (C=O) groups is 2. The summed E-state index contributed by atoms with van der Waals surface area (Å²) in [5.41, 5.74) is 0.515. The summed E-state index contributed by atoms with van der Waals surface area (Å²) in [5.74, 6) is -2.97. The molecule has 0 fully saturated rings. The Kier molecular flexibility index (Phi) is 4.70. The zero-order chi connectivity index (χ0) is 13.2. The Morgan fingerprint density at radius 3 is 2.41 bits per heavy atom. The van der Waals surface area contributed by atoms with Crippen LogP contribution in [0.5, 0.6) is 0 Å². The molecule has 1 aliphatic rings. The van der Waals surface area contributed by atoms with Crippen LogP contribution in [0.4, 0.5) is 0 Å². The monoisotopic (exact) mass is 364 g/mol. The molecule has 17 heavy (non-hydrogen) atoms. The molecular formula is C11H10Br2O4. The molecule has 1 unspecified atom stereocenters. The third kappa shape index (κ3) is 2.87. The van der Waals surface area contributed by atoms with Gasteiger partial charge in [-0.2, -0.15) is 0 Å². The Morgan fingerprint density at radius 2 is 2.00 bits per heavy atom. The number of carboxylic acid groups (broad SMARTS) is 2. The van der Waals surface area contributed by atoms with Crippen molar-refractivity contribution in [1.29, 1.82) is 0 Å². The van der Waals surface area contributed by atoms with E-state index in [2.05, 4.69) is 31.9 Å². The van der Waals surface area contributed by atoms with E-state index in [0.29, 0.717) is 21.0 Å². The van der Waals surface area contributed by atoms with Gasteiger partial charge in [0.15, 0.2) is 0 Å². The Hall–Kier alpha value is -0.880. The van der Waals surface area contributed by atoms with Crippen molar-refractivity contribution in [2.75, 3.05) is 0 Å². The largest absolute Gasteiger partial charge is 0.481 e. The topological polar surface area (TPSA) is 74.6 Å². The van der Waals surface area contributed by atoms with Gasteiger partial charge < -0.3 is 10.2 Å². The predicted molar refractivity (Wildman–Crippen MR) is 70.1 cm³/mol. The van der Waals surface area contributed by atoms with Gasteiger partial charge in [-0.05, 0) is 34.0 Å². The minimum atomic E-state index is -1.10. The molecule has 0 heterocycles. The SMILES string of the molecule is CCC=C1C(Br)=C(C(=O)O)C=C(Br)C1C(=O)O. The summed E-state index contributed by atoms with van der Waals surface area (Å²) in [6.45, 7) is 1.86. The number of aliphatic carboxylic acids is 2. The Balaban J connectivity index is 3.40. The molecule has 2 N–H and O–H groups in total. The van der Waals surface area contributed by atoms with Crippen LogP contribution in [0.25, 0.3) is 0 Å². The first-order valence-electron chi connectivity index (χ1n) is 4.83. The molecule has 0 spiro atoms. The van der Waals surface area contributed by atoms with Crippen LogP contribution in [-0.2, 0) is 9.59 Å². The van der Waals surface area contributed by atoms with Crippen LogP contribution in [0.1, 0.15) is 13.3 Å². The highest BCUT2D eigenvalue weighted by Gasteiger charge is 2.33. The molecule has 0 bridgehead atoms. The van der Waals surface area contributed by atoms with E-state index in [9.17, 15) is 9.59 Å². The van der Waals surface area contributed by atoms with E-state index in [-0.39, 0.29) is 5.57 Å². The smallest absolute Gasteiger partial charge is 0.336 e. The number of hydrogen-bond donors (Lipinski definition) is 2. The molecule has 0 aliphatic heterocycles. The minimum absolute atomic E-state index is 0.0501. The van der Waals surface area contributed by atoms with Crippen LogP contribution in [-0.4, -0.2) is 22.2 Å². The van der Waals surface area contributed by atoms with Crippen LogP contribution in [0.15, 0.2) is 32.3 Å². The van der Waals surface area contributed by atoms with Crippen molar-refractivity contribution in [3.8, 4) is 0 Å². The second kappa shape index (κ2) is 5.64. The molecule has 6 heteroatoms. The van der Waals surface area contributed by atoms with E-state index in [1.807, 2.05) is 6.92 Å². The normalized spacial score (nSPS) is 22.6. The maximum absolute atomic E-state index is 11.2. The summed E-state index contributed by atoms with van der Waals surface area (Å²) in [5, 5.41) is 18.2. The van der Waals surface area contributed by atoms with Crippen molar-refractivity contribution >= 4 is 43.8 Å². The summed E-state index contributed by atoms with van der Waals surface area (Å²) < 4.78 is 0.660. The summed E-state index contributed by atoms with van der Waals surface area (Å²) in [6.07, 6.45) is 3.65. The lowest BCUT2D eigenvalue weighted by Gasteiger charge is -2.21. The van der Waals surface area contributed by atoms with E-state index in [4.69, 9.17) is 10.2 Å². The van der Waals surface area contributed by atoms with Crippen LogP contribution < -0.4 is 0 Å². The van der Waals surface area contributed by atoms with E-state index in [1.54, 1.807) is 6.08 Å². The van der Waals surface area contributed by atoms with Crippen molar-refractivity contribution in [3.63, 3.8) is 0 Å². The lowest BCUT2D eigenvalue weighted by molar-refractivity contribution is -0.139. The number of carboxylic acids is 2. The highest BCUT2D eigenvalue weighted by atomic mass is 79.9. The second-order valence-electron chi connectivity index (χ2n) is 3.40. The predicted octanol–water partition coefficient (Wildman–Crippen LogP) is 3.05. The van der Waals surface area contributed by atoms with Gasteiger partial charge in [0.2, 0.25) is 0 Å². The second-order valence-corrected chi connectivity index (χ2v) is 5.11. The summed E-state index contributed by atoms with van der Waals surface area (Å²) in [7, 11) is 0. The highest BCUT2D eigenvalue weighted by molar-refractivity contribution is 9.12. The molecule has 0 aromatic carbocycles. The number of hydrogen-bond acceptors (Lipinski definition) is 2. The summed E-state index contributed by atoms with van der Waals surface area (Å²) in [6, 6.07) is 0. The van der Waals surface area contributed by atoms with Crippen LogP contribution in [0.3, 0.4) is 0 Å². The third-order valence-corrected chi connectivity index (χ3v) is 3.83. The van der Waals surface area contributed by atoms with Crippen molar-refractivity contribution in [3.05, 3.63) is 32.3 Å². The van der Waals surface area contributed by atoms with Crippen molar-refractivity contribution < 1.29 is 19.8 Å². The molecule has 0 radical (unpaired) electrons. The summed E-state index contributed by atoms with van der Waals surface area (Å²) >= 11 is 6.28. The van der Waals surface area contributed by atoms with Gasteiger partial charge in [0.05, 0.1) is 5.57 Å². The van der Waals surface area contributed by atoms with Crippen molar-refractivity contribution in [1.82, 2.24) is 0 Å². The highest BCUT2D eigenvalue weighted by Crippen LogP contribution is 2.40. The maximum Gasteiger partial charge on any atom is 0.336 e. The standard InChI is InChI=1S/C11H10Br2O4/c1-2-3-5-8(11(16)17)7(12)4-6(9(5)13)10(14)15/h3-4,8H,2H2,1H3,(H,14,15)(H,16,17). The van der Waals surface area contributed by atoms with Gasteiger partial charge in [-0.3, -0.25) is 4.79 Å². The minimum Gasteiger partial charge on any atom is -0.481 e. The van der Waals surface area contributed by atoms with Gasteiger partial charge in [-0.25, -0.2) is 4.79 Å². The molecule has 92 valence electrons. The molecule has 1 atom stereocenters. The van der Waals surface area contributed by atoms with E-state index in [0.717, 1.165) is 0 Å². The lowest BCUT2D eigenvalue weighted by atomic mass is 9.90. The van der Waals surface area contributed by atoms with Crippen LogP contribution >= 0.6 is 31.9 Å². The molecule has 0 saturated carbocycles.